The minimum Gasteiger partial charge on any atom is -0.381 e. The molecule has 2 fully saturated rings. The Morgan fingerprint density at radius 1 is 1.17 bits per heavy atom. The number of nitrogens with one attached hydrogen (secondary N) is 1. The van der Waals surface area contributed by atoms with E-state index in [-0.39, 0.29) is 11.3 Å². The van der Waals surface area contributed by atoms with Gasteiger partial charge in [-0.2, -0.15) is 0 Å². The van der Waals surface area contributed by atoms with E-state index in [1.165, 1.54) is 6.26 Å². The lowest BCUT2D eigenvalue weighted by Crippen LogP contribution is -2.47. The molecule has 3 unspecified atom stereocenters. The van der Waals surface area contributed by atoms with Crippen LogP contribution in [0.2, 0.25) is 0 Å². The number of hydrogen-bond donors (Lipinski definition) is 1. The molecule has 2 aliphatic rings. The summed E-state index contributed by atoms with van der Waals surface area (Å²) in [6.07, 6.45) is 6.38. The predicted octanol–water partition coefficient (Wildman–Crippen LogP) is 1.36. The molecule has 1 saturated carbocycles. The average molecular weight is 275 g/mol. The van der Waals surface area contributed by atoms with Crippen LogP contribution in [-0.2, 0) is 14.6 Å². The monoisotopic (exact) mass is 275 g/mol. The molecular formula is C13H25NO3S. The van der Waals surface area contributed by atoms with Crippen LogP contribution in [0.1, 0.15) is 39.0 Å². The number of ether oxygens (including phenoxy) is 1. The Balaban J connectivity index is 1.91. The van der Waals surface area contributed by atoms with Gasteiger partial charge in [-0.05, 0) is 38.5 Å². The van der Waals surface area contributed by atoms with Gasteiger partial charge in [-0.25, -0.2) is 8.42 Å². The van der Waals surface area contributed by atoms with Crippen LogP contribution in [0, 0.1) is 5.92 Å². The molecule has 106 valence electrons. The molecule has 0 bridgehead atoms. The Bertz CT molecular complexity index is 362. The van der Waals surface area contributed by atoms with Gasteiger partial charge in [-0.15, -0.1) is 0 Å². The van der Waals surface area contributed by atoms with Gasteiger partial charge >= 0.3 is 0 Å². The summed E-state index contributed by atoms with van der Waals surface area (Å²) in [7, 11) is -2.92. The molecule has 18 heavy (non-hydrogen) atoms. The van der Waals surface area contributed by atoms with Gasteiger partial charge in [-0.3, -0.25) is 0 Å². The van der Waals surface area contributed by atoms with Gasteiger partial charge < -0.3 is 10.1 Å². The maximum atomic E-state index is 11.7. The van der Waals surface area contributed by atoms with Crippen LogP contribution >= 0.6 is 0 Å². The molecule has 0 amide bonds. The average Bonchev–Trinajstić information content (AvgIpc) is 2.78. The van der Waals surface area contributed by atoms with E-state index < -0.39 is 9.84 Å². The summed E-state index contributed by atoms with van der Waals surface area (Å²) in [5.41, 5.74) is 0. The summed E-state index contributed by atoms with van der Waals surface area (Å²) in [5.74, 6) is 0.625. The fraction of sp³-hybridized carbons (Fsp3) is 1.00. The second-order valence-electron chi connectivity index (χ2n) is 5.81. The van der Waals surface area contributed by atoms with E-state index in [0.29, 0.717) is 12.0 Å². The molecule has 4 nitrogen and oxygen atoms in total. The minimum absolute atomic E-state index is 0.151. The summed E-state index contributed by atoms with van der Waals surface area (Å²) in [6.45, 7) is 3.88. The first-order valence-corrected chi connectivity index (χ1v) is 8.96. The summed E-state index contributed by atoms with van der Waals surface area (Å²) in [6, 6.07) is 0.541. The first-order chi connectivity index (χ1) is 8.48. The van der Waals surface area contributed by atoms with E-state index >= 15 is 0 Å². The van der Waals surface area contributed by atoms with Crippen LogP contribution in [0.15, 0.2) is 0 Å². The molecule has 0 aromatic rings. The molecule has 3 atom stereocenters. The molecule has 1 aliphatic heterocycles. The minimum atomic E-state index is -2.92. The number of rotatable bonds is 4. The van der Waals surface area contributed by atoms with Crippen LogP contribution in [0.25, 0.3) is 0 Å². The van der Waals surface area contributed by atoms with Crippen LogP contribution in [-0.4, -0.2) is 45.2 Å². The van der Waals surface area contributed by atoms with Gasteiger partial charge in [0.05, 0.1) is 5.25 Å². The van der Waals surface area contributed by atoms with Crippen molar-refractivity contribution in [3.05, 3.63) is 0 Å². The van der Waals surface area contributed by atoms with E-state index in [0.717, 1.165) is 45.3 Å². The molecule has 0 spiro atoms. The molecule has 1 saturated heterocycles. The van der Waals surface area contributed by atoms with Crippen molar-refractivity contribution in [1.29, 1.82) is 0 Å². The Hall–Kier alpha value is -0.130. The fourth-order valence-electron chi connectivity index (χ4n) is 3.32. The van der Waals surface area contributed by atoms with Crippen molar-refractivity contribution in [1.82, 2.24) is 5.32 Å². The van der Waals surface area contributed by atoms with Crippen molar-refractivity contribution in [3.8, 4) is 0 Å². The van der Waals surface area contributed by atoms with Crippen LogP contribution in [0.4, 0.5) is 0 Å². The van der Waals surface area contributed by atoms with Gasteiger partial charge in [0, 0.05) is 31.6 Å². The third-order valence-electron chi connectivity index (χ3n) is 4.45. The lowest BCUT2D eigenvalue weighted by molar-refractivity contribution is 0.0545. The second-order valence-corrected chi connectivity index (χ2v) is 8.08. The van der Waals surface area contributed by atoms with E-state index in [4.69, 9.17) is 4.74 Å². The van der Waals surface area contributed by atoms with Gasteiger partial charge in [0.1, 0.15) is 0 Å². The van der Waals surface area contributed by atoms with E-state index in [2.05, 4.69) is 12.2 Å². The molecule has 5 heteroatoms. The summed E-state index contributed by atoms with van der Waals surface area (Å²) < 4.78 is 28.9. The summed E-state index contributed by atoms with van der Waals surface area (Å²) in [5, 5.41) is 3.39. The maximum Gasteiger partial charge on any atom is 0.151 e. The fourth-order valence-corrected chi connectivity index (χ4v) is 4.72. The van der Waals surface area contributed by atoms with Gasteiger partial charge in [0.2, 0.25) is 0 Å². The topological polar surface area (TPSA) is 55.4 Å². The van der Waals surface area contributed by atoms with Crippen molar-refractivity contribution < 1.29 is 13.2 Å². The Morgan fingerprint density at radius 3 is 2.44 bits per heavy atom. The van der Waals surface area contributed by atoms with E-state index in [9.17, 15) is 8.42 Å². The Labute approximate surface area is 110 Å². The SMILES string of the molecule is CC(NC1CCCC1S(C)(=O)=O)C1CCOCC1. The zero-order valence-corrected chi connectivity index (χ0v) is 12.2. The largest absolute Gasteiger partial charge is 0.381 e. The van der Waals surface area contributed by atoms with E-state index in [1.54, 1.807) is 0 Å². The van der Waals surface area contributed by atoms with Crippen LogP contribution < -0.4 is 5.32 Å². The van der Waals surface area contributed by atoms with Crippen molar-refractivity contribution in [3.63, 3.8) is 0 Å². The van der Waals surface area contributed by atoms with E-state index in [1.807, 2.05) is 0 Å². The lowest BCUT2D eigenvalue weighted by Gasteiger charge is -2.32. The Morgan fingerprint density at radius 2 is 1.83 bits per heavy atom. The highest BCUT2D eigenvalue weighted by Gasteiger charge is 2.36. The quantitative estimate of drug-likeness (QED) is 0.841. The lowest BCUT2D eigenvalue weighted by atomic mass is 9.92. The summed E-state index contributed by atoms with van der Waals surface area (Å²) in [4.78, 5) is 0. The van der Waals surface area contributed by atoms with Crippen molar-refractivity contribution in [2.75, 3.05) is 19.5 Å². The first kappa shape index (κ1) is 14.3. The smallest absolute Gasteiger partial charge is 0.151 e. The standard InChI is InChI=1S/C13H25NO3S/c1-10(11-6-8-17-9-7-11)14-12-4-3-5-13(12)18(2,15)16/h10-14H,3-9H2,1-2H3. The molecular weight excluding hydrogens is 250 g/mol. The molecule has 1 N–H and O–H groups in total. The maximum absolute atomic E-state index is 11.7. The van der Waals surface area contributed by atoms with Gasteiger partial charge in [0.15, 0.2) is 9.84 Å². The second kappa shape index (κ2) is 5.88. The number of sulfone groups is 1. The molecule has 0 aromatic carbocycles. The van der Waals surface area contributed by atoms with Crippen LogP contribution in [0.3, 0.4) is 0 Å². The van der Waals surface area contributed by atoms with Crippen molar-refractivity contribution in [2.45, 2.75) is 56.4 Å². The molecule has 2 rings (SSSR count). The number of hydrogen-bond acceptors (Lipinski definition) is 4. The zero-order valence-electron chi connectivity index (χ0n) is 11.4. The highest BCUT2D eigenvalue weighted by atomic mass is 32.2. The highest BCUT2D eigenvalue weighted by Crippen LogP contribution is 2.27. The van der Waals surface area contributed by atoms with Crippen molar-refractivity contribution in [2.24, 2.45) is 5.92 Å². The third kappa shape index (κ3) is 3.45. The van der Waals surface area contributed by atoms with Crippen LogP contribution in [0.5, 0.6) is 0 Å². The van der Waals surface area contributed by atoms with Gasteiger partial charge in [-0.1, -0.05) is 6.42 Å². The third-order valence-corrected chi connectivity index (χ3v) is 6.12. The zero-order chi connectivity index (χ0) is 13.2. The van der Waals surface area contributed by atoms with Crippen molar-refractivity contribution >= 4 is 9.84 Å². The molecule has 0 aromatic heterocycles. The predicted molar refractivity (Wildman–Crippen MR) is 72.4 cm³/mol. The Kier molecular flexibility index (Phi) is 4.67. The summed E-state index contributed by atoms with van der Waals surface area (Å²) >= 11 is 0. The molecule has 1 heterocycles. The molecule has 1 aliphatic carbocycles. The molecule has 0 radical (unpaired) electrons. The normalized spacial score (nSPS) is 32.6. The highest BCUT2D eigenvalue weighted by molar-refractivity contribution is 7.91. The van der Waals surface area contributed by atoms with Gasteiger partial charge in [0.25, 0.3) is 0 Å². The first-order valence-electron chi connectivity index (χ1n) is 7.01.